The van der Waals surface area contributed by atoms with Crippen molar-refractivity contribution in [1.82, 2.24) is 9.36 Å². The lowest BCUT2D eigenvalue weighted by Crippen LogP contribution is -2.24. The van der Waals surface area contributed by atoms with E-state index in [1.54, 1.807) is 0 Å². The van der Waals surface area contributed by atoms with E-state index in [9.17, 15) is 0 Å². The third-order valence-electron chi connectivity index (χ3n) is 2.80. The molecule has 1 atom stereocenters. The minimum atomic E-state index is 0.178. The van der Waals surface area contributed by atoms with E-state index in [2.05, 4.69) is 40.7 Å². The Morgan fingerprint density at radius 2 is 2.00 bits per heavy atom. The average molecular weight is 296 g/mol. The Labute approximate surface area is 123 Å². The van der Waals surface area contributed by atoms with Gasteiger partial charge in [-0.3, -0.25) is 0 Å². The summed E-state index contributed by atoms with van der Waals surface area (Å²) in [6.07, 6.45) is 0.890. The molecule has 5 heteroatoms. The van der Waals surface area contributed by atoms with E-state index in [1.165, 1.54) is 17.1 Å². The van der Waals surface area contributed by atoms with Crippen molar-refractivity contribution in [2.45, 2.75) is 32.2 Å². The van der Waals surface area contributed by atoms with Gasteiger partial charge in [0.2, 0.25) is 5.13 Å². The van der Waals surface area contributed by atoms with E-state index in [-0.39, 0.29) is 6.04 Å². The van der Waals surface area contributed by atoms with Crippen LogP contribution in [0.3, 0.4) is 0 Å². The molecule has 1 N–H and O–H groups in total. The van der Waals surface area contributed by atoms with Crippen LogP contribution in [0.15, 0.2) is 30.3 Å². The number of nitrogens with zero attached hydrogens (tertiary/aromatic N) is 2. The fourth-order valence-corrected chi connectivity index (χ4v) is 2.72. The van der Waals surface area contributed by atoms with Crippen molar-refractivity contribution in [3.05, 3.63) is 41.7 Å². The fourth-order valence-electron chi connectivity index (χ4n) is 1.75. The first kappa shape index (κ1) is 14.3. The third-order valence-corrected chi connectivity index (χ3v) is 3.83. The van der Waals surface area contributed by atoms with Gasteiger partial charge in [0.15, 0.2) is 0 Å². The molecular weight excluding hydrogens is 278 g/mol. The summed E-state index contributed by atoms with van der Waals surface area (Å²) in [5.41, 5.74) is 1.27. The SMILES string of the molecule is CC(C)c1nsc(NC(CCl)Cc2ccccc2)n1. The van der Waals surface area contributed by atoms with Crippen LogP contribution in [-0.4, -0.2) is 21.3 Å². The van der Waals surface area contributed by atoms with Crippen LogP contribution in [0.2, 0.25) is 0 Å². The van der Waals surface area contributed by atoms with Crippen molar-refractivity contribution in [2.75, 3.05) is 11.2 Å². The highest BCUT2D eigenvalue weighted by molar-refractivity contribution is 7.09. The maximum Gasteiger partial charge on any atom is 0.202 e. The second-order valence-corrected chi connectivity index (χ2v) is 5.86. The monoisotopic (exact) mass is 295 g/mol. The molecule has 1 aromatic carbocycles. The van der Waals surface area contributed by atoms with Crippen molar-refractivity contribution in [2.24, 2.45) is 0 Å². The Kier molecular flexibility index (Phi) is 5.16. The summed E-state index contributed by atoms with van der Waals surface area (Å²) in [6.45, 7) is 4.18. The lowest BCUT2D eigenvalue weighted by atomic mass is 10.1. The molecule has 2 aromatic rings. The first-order valence-corrected chi connectivity index (χ1v) is 7.70. The molecule has 1 heterocycles. The Balaban J connectivity index is 1.98. The number of rotatable bonds is 6. The quantitative estimate of drug-likeness (QED) is 0.821. The van der Waals surface area contributed by atoms with E-state index in [4.69, 9.17) is 11.6 Å². The standard InChI is InChI=1S/C14H18ClN3S/c1-10(2)13-17-14(19-18-13)16-12(9-15)8-11-6-4-3-5-7-11/h3-7,10,12H,8-9H2,1-2H3,(H,16,17,18). The highest BCUT2D eigenvalue weighted by Crippen LogP contribution is 2.19. The lowest BCUT2D eigenvalue weighted by molar-refractivity contribution is 0.779. The molecule has 0 aliphatic heterocycles. The molecule has 0 saturated heterocycles. The number of halogens is 1. The molecule has 0 saturated carbocycles. The van der Waals surface area contributed by atoms with Crippen LogP contribution in [0.5, 0.6) is 0 Å². The van der Waals surface area contributed by atoms with Crippen LogP contribution < -0.4 is 5.32 Å². The molecule has 102 valence electrons. The summed E-state index contributed by atoms with van der Waals surface area (Å²) < 4.78 is 4.34. The summed E-state index contributed by atoms with van der Waals surface area (Å²) in [5, 5.41) is 4.22. The van der Waals surface area contributed by atoms with Crippen molar-refractivity contribution < 1.29 is 0 Å². The van der Waals surface area contributed by atoms with Gasteiger partial charge in [-0.1, -0.05) is 44.2 Å². The summed E-state index contributed by atoms with van der Waals surface area (Å²) in [6, 6.07) is 10.5. The zero-order valence-corrected chi connectivity index (χ0v) is 12.7. The second kappa shape index (κ2) is 6.87. The summed E-state index contributed by atoms with van der Waals surface area (Å²) in [7, 11) is 0. The first-order chi connectivity index (χ1) is 9.19. The largest absolute Gasteiger partial charge is 0.356 e. The van der Waals surface area contributed by atoms with Gasteiger partial charge in [0, 0.05) is 29.4 Å². The lowest BCUT2D eigenvalue weighted by Gasteiger charge is -2.14. The molecule has 0 spiro atoms. The Bertz CT molecular complexity index is 498. The number of aromatic nitrogens is 2. The first-order valence-electron chi connectivity index (χ1n) is 6.39. The highest BCUT2D eigenvalue weighted by Gasteiger charge is 2.12. The van der Waals surface area contributed by atoms with Gasteiger partial charge in [0.25, 0.3) is 0 Å². The zero-order chi connectivity index (χ0) is 13.7. The van der Waals surface area contributed by atoms with Gasteiger partial charge in [-0.15, -0.1) is 11.6 Å². The molecular formula is C14H18ClN3S. The van der Waals surface area contributed by atoms with E-state index >= 15 is 0 Å². The maximum absolute atomic E-state index is 6.03. The highest BCUT2D eigenvalue weighted by atomic mass is 35.5. The summed E-state index contributed by atoms with van der Waals surface area (Å²) in [4.78, 5) is 4.48. The molecule has 1 aromatic heterocycles. The van der Waals surface area contributed by atoms with Crippen LogP contribution in [-0.2, 0) is 6.42 Å². The smallest absolute Gasteiger partial charge is 0.202 e. The normalized spacial score (nSPS) is 12.6. The van der Waals surface area contributed by atoms with E-state index < -0.39 is 0 Å². The number of alkyl halides is 1. The second-order valence-electron chi connectivity index (χ2n) is 4.80. The zero-order valence-electron chi connectivity index (χ0n) is 11.1. The van der Waals surface area contributed by atoms with Crippen molar-refractivity contribution >= 4 is 28.3 Å². The molecule has 0 radical (unpaired) electrons. The molecule has 0 amide bonds. The minimum absolute atomic E-state index is 0.178. The summed E-state index contributed by atoms with van der Waals surface area (Å²) >= 11 is 7.43. The number of hydrogen-bond donors (Lipinski definition) is 1. The van der Waals surface area contributed by atoms with Crippen LogP contribution in [0.4, 0.5) is 5.13 Å². The van der Waals surface area contributed by atoms with E-state index in [0.29, 0.717) is 11.8 Å². The Hall–Kier alpha value is -1.13. The van der Waals surface area contributed by atoms with Crippen LogP contribution >= 0.6 is 23.1 Å². The Morgan fingerprint density at radius 1 is 1.26 bits per heavy atom. The van der Waals surface area contributed by atoms with Crippen LogP contribution in [0.1, 0.15) is 31.2 Å². The average Bonchev–Trinajstić information content (AvgIpc) is 2.88. The molecule has 0 fully saturated rings. The van der Waals surface area contributed by atoms with Gasteiger partial charge < -0.3 is 5.32 Å². The topological polar surface area (TPSA) is 37.8 Å². The molecule has 0 aliphatic rings. The number of benzene rings is 1. The van der Waals surface area contributed by atoms with Crippen LogP contribution in [0.25, 0.3) is 0 Å². The van der Waals surface area contributed by atoms with Crippen molar-refractivity contribution in [1.29, 1.82) is 0 Å². The Morgan fingerprint density at radius 3 is 2.58 bits per heavy atom. The molecule has 19 heavy (non-hydrogen) atoms. The van der Waals surface area contributed by atoms with E-state index in [0.717, 1.165) is 17.4 Å². The van der Waals surface area contributed by atoms with Gasteiger partial charge in [0.1, 0.15) is 5.82 Å². The molecule has 1 unspecified atom stereocenters. The maximum atomic E-state index is 6.03. The summed E-state index contributed by atoms with van der Waals surface area (Å²) in [5.74, 6) is 1.79. The van der Waals surface area contributed by atoms with Gasteiger partial charge in [-0.25, -0.2) is 4.98 Å². The molecule has 0 aliphatic carbocycles. The minimum Gasteiger partial charge on any atom is -0.356 e. The van der Waals surface area contributed by atoms with Gasteiger partial charge in [-0.2, -0.15) is 4.37 Å². The number of anilines is 1. The van der Waals surface area contributed by atoms with Crippen molar-refractivity contribution in [3.63, 3.8) is 0 Å². The molecule has 0 bridgehead atoms. The third kappa shape index (κ3) is 4.18. The predicted octanol–water partition coefficient (Wildman–Crippen LogP) is 3.92. The number of nitrogens with one attached hydrogen (secondary N) is 1. The van der Waals surface area contributed by atoms with Gasteiger partial charge in [0.05, 0.1) is 0 Å². The fraction of sp³-hybridized carbons (Fsp3) is 0.429. The van der Waals surface area contributed by atoms with Gasteiger partial charge >= 0.3 is 0 Å². The van der Waals surface area contributed by atoms with E-state index in [1.807, 2.05) is 18.2 Å². The number of hydrogen-bond acceptors (Lipinski definition) is 4. The van der Waals surface area contributed by atoms with Crippen LogP contribution in [0, 0.1) is 0 Å². The van der Waals surface area contributed by atoms with Crippen molar-refractivity contribution in [3.8, 4) is 0 Å². The predicted molar refractivity (Wildman–Crippen MR) is 82.3 cm³/mol. The van der Waals surface area contributed by atoms with Gasteiger partial charge in [-0.05, 0) is 12.0 Å². The molecule has 2 rings (SSSR count). The molecule has 3 nitrogen and oxygen atoms in total.